The van der Waals surface area contributed by atoms with Gasteiger partial charge in [-0.25, -0.2) is 0 Å². The predicted octanol–water partition coefficient (Wildman–Crippen LogP) is 3.65. The van der Waals surface area contributed by atoms with Gasteiger partial charge in [-0.05, 0) is 35.4 Å². The number of benzene rings is 2. The highest BCUT2D eigenvalue weighted by Gasteiger charge is 1.98. The van der Waals surface area contributed by atoms with Crippen LogP contribution in [0, 0.1) is 0 Å². The van der Waals surface area contributed by atoms with Crippen molar-refractivity contribution in [2.24, 2.45) is 0 Å². The summed E-state index contributed by atoms with van der Waals surface area (Å²) in [5.41, 5.74) is 2.21. The highest BCUT2D eigenvalue weighted by atomic mass is 79.9. The Morgan fingerprint density at radius 2 is 1.38 bits per heavy atom. The van der Waals surface area contributed by atoms with E-state index in [1.165, 1.54) is 0 Å². The van der Waals surface area contributed by atoms with E-state index in [1.54, 1.807) is 12.1 Å². The minimum atomic E-state index is 0.425. The van der Waals surface area contributed by atoms with Gasteiger partial charge < -0.3 is 4.74 Å². The number of rotatable bonds is 3. The van der Waals surface area contributed by atoms with Crippen molar-refractivity contribution in [3.8, 4) is 16.9 Å². The van der Waals surface area contributed by atoms with Gasteiger partial charge in [0.2, 0.25) is 0 Å². The number of hydrogen-bond donors (Lipinski definition) is 0. The molecule has 0 aliphatic heterocycles. The van der Waals surface area contributed by atoms with Gasteiger partial charge >= 0.3 is 0 Å². The summed E-state index contributed by atoms with van der Waals surface area (Å²) in [4.78, 5) is 10.1. The second kappa shape index (κ2) is 4.94. The molecule has 2 aromatic carbocycles. The Morgan fingerprint density at radius 3 is 1.88 bits per heavy atom. The molecular weight excluding hydrogens is 268 g/mol. The normalized spacial score (nSPS) is 9.81. The second-order valence-electron chi connectivity index (χ2n) is 3.25. The molecule has 2 rings (SSSR count). The maximum absolute atomic E-state index is 10.1. The van der Waals surface area contributed by atoms with Gasteiger partial charge in [0.15, 0.2) is 0 Å². The van der Waals surface area contributed by atoms with Crippen LogP contribution in [0.2, 0.25) is 0 Å². The fraction of sp³-hybridized carbons (Fsp3) is 0. The van der Waals surface area contributed by atoms with Crippen LogP contribution in [0.5, 0.6) is 5.75 Å². The maximum atomic E-state index is 10.1. The Labute approximate surface area is 102 Å². The first-order valence-corrected chi connectivity index (χ1v) is 5.55. The van der Waals surface area contributed by atoms with Crippen molar-refractivity contribution in [1.29, 1.82) is 0 Å². The van der Waals surface area contributed by atoms with E-state index in [-0.39, 0.29) is 0 Å². The standard InChI is InChI=1S/C13H9BrO2/c14-12-5-1-10(2-6-12)11-3-7-13(8-4-11)16-9-15/h1-9H. The van der Waals surface area contributed by atoms with E-state index in [9.17, 15) is 4.79 Å². The van der Waals surface area contributed by atoms with E-state index < -0.39 is 0 Å². The van der Waals surface area contributed by atoms with E-state index in [0.717, 1.165) is 15.6 Å². The first kappa shape index (κ1) is 10.9. The van der Waals surface area contributed by atoms with E-state index in [2.05, 4.69) is 15.9 Å². The van der Waals surface area contributed by atoms with Gasteiger partial charge in [0, 0.05) is 4.47 Å². The Balaban J connectivity index is 2.27. The van der Waals surface area contributed by atoms with Crippen LogP contribution in [0.3, 0.4) is 0 Å². The summed E-state index contributed by atoms with van der Waals surface area (Å²) < 4.78 is 5.78. The number of hydrogen-bond acceptors (Lipinski definition) is 2. The van der Waals surface area contributed by atoms with Crippen LogP contribution in [0.1, 0.15) is 0 Å². The van der Waals surface area contributed by atoms with Crippen LogP contribution in [-0.4, -0.2) is 6.47 Å². The summed E-state index contributed by atoms with van der Waals surface area (Å²) in [6, 6.07) is 15.4. The fourth-order valence-corrected chi connectivity index (χ4v) is 1.69. The van der Waals surface area contributed by atoms with E-state index in [1.807, 2.05) is 36.4 Å². The monoisotopic (exact) mass is 276 g/mol. The molecule has 3 heteroatoms. The largest absolute Gasteiger partial charge is 0.429 e. The number of carbonyl (C=O) groups is 1. The van der Waals surface area contributed by atoms with Crippen molar-refractivity contribution in [3.05, 3.63) is 53.0 Å². The molecule has 0 aromatic heterocycles. The molecule has 0 atom stereocenters. The molecule has 0 saturated heterocycles. The highest BCUT2D eigenvalue weighted by molar-refractivity contribution is 9.10. The zero-order chi connectivity index (χ0) is 11.4. The van der Waals surface area contributed by atoms with Crippen molar-refractivity contribution in [2.45, 2.75) is 0 Å². The van der Waals surface area contributed by atoms with Crippen LogP contribution in [0.25, 0.3) is 11.1 Å². The van der Waals surface area contributed by atoms with Gasteiger partial charge in [-0.1, -0.05) is 40.2 Å². The summed E-state index contributed by atoms with van der Waals surface area (Å²) in [5.74, 6) is 0.552. The molecule has 0 radical (unpaired) electrons. The zero-order valence-corrected chi connectivity index (χ0v) is 9.98. The van der Waals surface area contributed by atoms with Gasteiger partial charge in [0.05, 0.1) is 0 Å². The molecule has 0 heterocycles. The molecule has 0 bridgehead atoms. The van der Waals surface area contributed by atoms with Crippen LogP contribution >= 0.6 is 15.9 Å². The molecule has 80 valence electrons. The van der Waals surface area contributed by atoms with Gasteiger partial charge in [0.25, 0.3) is 6.47 Å². The Kier molecular flexibility index (Phi) is 3.37. The van der Waals surface area contributed by atoms with Gasteiger partial charge in [-0.15, -0.1) is 0 Å². The lowest BCUT2D eigenvalue weighted by atomic mass is 10.1. The maximum Gasteiger partial charge on any atom is 0.298 e. The first-order chi connectivity index (χ1) is 7.79. The summed E-state index contributed by atoms with van der Waals surface area (Å²) in [6.45, 7) is 0.425. The smallest absolute Gasteiger partial charge is 0.298 e. The molecule has 0 fully saturated rings. The molecule has 0 N–H and O–H groups in total. The summed E-state index contributed by atoms with van der Waals surface area (Å²) >= 11 is 3.39. The van der Waals surface area contributed by atoms with Gasteiger partial charge in [0.1, 0.15) is 5.75 Å². The molecule has 0 unspecified atom stereocenters. The lowest BCUT2D eigenvalue weighted by molar-refractivity contribution is -0.120. The third-order valence-electron chi connectivity index (χ3n) is 2.22. The molecule has 0 spiro atoms. The highest BCUT2D eigenvalue weighted by Crippen LogP contribution is 2.23. The molecular formula is C13H9BrO2. The Bertz CT molecular complexity index is 474. The molecule has 16 heavy (non-hydrogen) atoms. The van der Waals surface area contributed by atoms with Crippen molar-refractivity contribution in [1.82, 2.24) is 0 Å². The summed E-state index contributed by atoms with van der Waals surface area (Å²) in [5, 5.41) is 0. The molecule has 0 aliphatic carbocycles. The SMILES string of the molecule is O=COc1ccc(-c2ccc(Br)cc2)cc1. The topological polar surface area (TPSA) is 26.3 Å². The quantitative estimate of drug-likeness (QED) is 0.800. The Morgan fingerprint density at radius 1 is 0.875 bits per heavy atom. The van der Waals surface area contributed by atoms with Crippen LogP contribution in [0.15, 0.2) is 53.0 Å². The van der Waals surface area contributed by atoms with Gasteiger partial charge in [-0.2, -0.15) is 0 Å². The number of carbonyl (C=O) groups excluding carboxylic acids is 1. The molecule has 0 amide bonds. The van der Waals surface area contributed by atoms with Crippen LogP contribution < -0.4 is 4.74 Å². The zero-order valence-electron chi connectivity index (χ0n) is 8.39. The second-order valence-corrected chi connectivity index (χ2v) is 4.16. The lowest BCUT2D eigenvalue weighted by Gasteiger charge is -2.03. The minimum Gasteiger partial charge on any atom is -0.429 e. The van der Waals surface area contributed by atoms with Crippen molar-refractivity contribution >= 4 is 22.4 Å². The van der Waals surface area contributed by atoms with Crippen molar-refractivity contribution in [2.75, 3.05) is 0 Å². The van der Waals surface area contributed by atoms with Crippen LogP contribution in [-0.2, 0) is 4.79 Å². The Hall–Kier alpha value is -1.61. The van der Waals surface area contributed by atoms with Crippen molar-refractivity contribution in [3.63, 3.8) is 0 Å². The molecule has 0 aliphatic rings. The predicted molar refractivity (Wildman–Crippen MR) is 66.3 cm³/mol. The van der Waals surface area contributed by atoms with E-state index in [0.29, 0.717) is 12.2 Å². The average molecular weight is 277 g/mol. The first-order valence-electron chi connectivity index (χ1n) is 4.76. The number of ether oxygens (including phenoxy) is 1. The van der Waals surface area contributed by atoms with E-state index in [4.69, 9.17) is 4.74 Å². The van der Waals surface area contributed by atoms with Gasteiger partial charge in [-0.3, -0.25) is 4.79 Å². The average Bonchev–Trinajstić information content (AvgIpc) is 2.32. The summed E-state index contributed by atoms with van der Waals surface area (Å²) in [7, 11) is 0. The minimum absolute atomic E-state index is 0.425. The van der Waals surface area contributed by atoms with Crippen LogP contribution in [0.4, 0.5) is 0 Å². The number of halogens is 1. The fourth-order valence-electron chi connectivity index (χ4n) is 1.42. The molecule has 0 saturated carbocycles. The molecule has 2 aromatic rings. The summed E-state index contributed by atoms with van der Waals surface area (Å²) in [6.07, 6.45) is 0. The van der Waals surface area contributed by atoms with Crippen molar-refractivity contribution < 1.29 is 9.53 Å². The van der Waals surface area contributed by atoms with E-state index >= 15 is 0 Å². The lowest BCUT2D eigenvalue weighted by Crippen LogP contribution is -1.87. The third kappa shape index (κ3) is 2.49. The third-order valence-corrected chi connectivity index (χ3v) is 2.74. The molecule has 2 nitrogen and oxygen atoms in total.